The number of carbonyl (C=O) groups is 2. The molecule has 40 heavy (non-hydrogen) atoms. The van der Waals surface area contributed by atoms with Gasteiger partial charge in [-0.3, -0.25) is 9.59 Å². The molecule has 0 aliphatic heterocycles. The smallest absolute Gasteiger partial charge is 0.220 e. The molecule has 3 aromatic carbocycles. The monoisotopic (exact) mass is 546 g/mol. The van der Waals surface area contributed by atoms with Crippen LogP contribution in [0.2, 0.25) is 0 Å². The summed E-state index contributed by atoms with van der Waals surface area (Å²) in [5.41, 5.74) is 4.53. The Morgan fingerprint density at radius 2 is 1.38 bits per heavy atom. The average molecular weight is 547 g/mol. The number of benzene rings is 3. The van der Waals surface area contributed by atoms with Gasteiger partial charge in [0.25, 0.3) is 0 Å². The van der Waals surface area contributed by atoms with E-state index < -0.39 is 0 Å². The Morgan fingerprint density at radius 1 is 0.700 bits per heavy atom. The lowest BCUT2D eigenvalue weighted by Gasteiger charge is -2.18. The van der Waals surface area contributed by atoms with Crippen LogP contribution >= 0.6 is 0 Å². The summed E-state index contributed by atoms with van der Waals surface area (Å²) in [4.78, 5) is 24.9. The molecular weight excluding hydrogens is 504 g/mol. The van der Waals surface area contributed by atoms with E-state index in [0.29, 0.717) is 38.1 Å². The van der Waals surface area contributed by atoms with Gasteiger partial charge in [-0.25, -0.2) is 0 Å². The lowest BCUT2D eigenvalue weighted by atomic mass is 9.96. The van der Waals surface area contributed by atoms with Crippen molar-refractivity contribution >= 4 is 11.8 Å². The summed E-state index contributed by atoms with van der Waals surface area (Å²) in [6.07, 6.45) is 3.65. The van der Waals surface area contributed by atoms with E-state index in [9.17, 15) is 9.59 Å². The summed E-state index contributed by atoms with van der Waals surface area (Å²) >= 11 is 0. The summed E-state index contributed by atoms with van der Waals surface area (Å²) in [6.45, 7) is 3.02. The zero-order chi connectivity index (χ0) is 28.7. The summed E-state index contributed by atoms with van der Waals surface area (Å²) in [5, 5.41) is 5.98. The molecule has 0 spiro atoms. The number of aryl methyl sites for hydroxylation is 1. The topological polar surface area (TPSA) is 85.9 Å². The van der Waals surface area contributed by atoms with Crippen molar-refractivity contribution in [3.8, 4) is 17.2 Å². The Hall–Kier alpha value is -4.00. The van der Waals surface area contributed by atoms with Crippen molar-refractivity contribution in [3.05, 3.63) is 89.0 Å². The highest BCUT2D eigenvalue weighted by atomic mass is 16.5. The quantitative estimate of drug-likeness (QED) is 0.266. The molecule has 214 valence electrons. The predicted octanol–water partition coefficient (Wildman–Crippen LogP) is 4.93. The lowest BCUT2D eigenvalue weighted by Crippen LogP contribution is -2.30. The van der Waals surface area contributed by atoms with Crippen LogP contribution in [0.15, 0.2) is 66.7 Å². The Labute approximate surface area is 238 Å². The van der Waals surface area contributed by atoms with E-state index in [4.69, 9.17) is 14.2 Å². The van der Waals surface area contributed by atoms with E-state index >= 15 is 0 Å². The number of rotatable bonds is 16. The average Bonchev–Trinajstić information content (AvgIpc) is 2.96. The van der Waals surface area contributed by atoms with Gasteiger partial charge < -0.3 is 24.8 Å². The van der Waals surface area contributed by atoms with Gasteiger partial charge in [0, 0.05) is 31.5 Å². The molecule has 0 bridgehead atoms. The van der Waals surface area contributed by atoms with Crippen LogP contribution in [-0.2, 0) is 35.3 Å². The molecule has 0 aromatic heterocycles. The van der Waals surface area contributed by atoms with Crippen molar-refractivity contribution in [1.82, 2.24) is 10.6 Å². The van der Waals surface area contributed by atoms with Gasteiger partial charge in [0.1, 0.15) is 5.75 Å². The molecule has 0 saturated heterocycles. The summed E-state index contributed by atoms with van der Waals surface area (Å²) in [6, 6.07) is 22.0. The fourth-order valence-electron chi connectivity index (χ4n) is 4.81. The maximum atomic E-state index is 12.6. The summed E-state index contributed by atoms with van der Waals surface area (Å²) < 4.78 is 16.6. The number of methoxy groups -OCH3 is 3. The van der Waals surface area contributed by atoms with Gasteiger partial charge in [-0.1, -0.05) is 55.5 Å². The zero-order valence-corrected chi connectivity index (χ0v) is 24.1. The van der Waals surface area contributed by atoms with E-state index in [-0.39, 0.29) is 17.7 Å². The molecule has 3 rings (SSSR count). The van der Waals surface area contributed by atoms with E-state index in [1.54, 1.807) is 21.3 Å². The molecular formula is C33H42N2O5. The van der Waals surface area contributed by atoms with Crippen LogP contribution < -0.4 is 24.8 Å². The summed E-state index contributed by atoms with van der Waals surface area (Å²) in [5.74, 6) is 2.12. The van der Waals surface area contributed by atoms with E-state index in [1.807, 2.05) is 67.6 Å². The van der Waals surface area contributed by atoms with E-state index in [0.717, 1.165) is 41.9 Å². The Kier molecular flexibility index (Phi) is 12.4. The zero-order valence-electron chi connectivity index (χ0n) is 24.1. The highest BCUT2D eigenvalue weighted by Crippen LogP contribution is 2.34. The maximum absolute atomic E-state index is 12.6. The normalized spacial score (nSPS) is 11.4. The summed E-state index contributed by atoms with van der Waals surface area (Å²) in [7, 11) is 4.95. The number of hydrogen-bond acceptors (Lipinski definition) is 5. The second-order valence-electron chi connectivity index (χ2n) is 9.99. The van der Waals surface area contributed by atoms with E-state index in [1.165, 1.54) is 11.1 Å². The molecule has 2 N–H and O–H groups in total. The Morgan fingerprint density at radius 3 is 2.02 bits per heavy atom. The number of carbonyl (C=O) groups excluding carboxylic acids is 2. The molecule has 7 heteroatoms. The third-order valence-electron chi connectivity index (χ3n) is 6.91. The maximum Gasteiger partial charge on any atom is 0.220 e. The van der Waals surface area contributed by atoms with Crippen LogP contribution in [-0.4, -0.2) is 46.2 Å². The lowest BCUT2D eigenvalue weighted by molar-refractivity contribution is -0.123. The van der Waals surface area contributed by atoms with Crippen LogP contribution in [0.3, 0.4) is 0 Å². The second kappa shape index (κ2) is 16.2. The number of hydrogen-bond donors (Lipinski definition) is 2. The highest BCUT2D eigenvalue weighted by Gasteiger charge is 2.17. The molecule has 1 unspecified atom stereocenters. The third-order valence-corrected chi connectivity index (χ3v) is 6.91. The molecule has 0 saturated carbocycles. The number of ether oxygens (including phenoxy) is 3. The largest absolute Gasteiger partial charge is 0.497 e. The fourth-order valence-corrected chi connectivity index (χ4v) is 4.81. The molecule has 2 amide bonds. The van der Waals surface area contributed by atoms with E-state index in [2.05, 4.69) is 16.7 Å². The Bertz CT molecular complexity index is 1230. The van der Waals surface area contributed by atoms with Crippen LogP contribution in [0.1, 0.15) is 42.0 Å². The van der Waals surface area contributed by atoms with Gasteiger partial charge in [0.05, 0.1) is 21.3 Å². The fraction of sp³-hybridized carbons (Fsp3) is 0.394. The first-order valence-electron chi connectivity index (χ1n) is 13.9. The van der Waals surface area contributed by atoms with Gasteiger partial charge in [0.15, 0.2) is 11.5 Å². The SMILES string of the molecule is COc1cccc(CCc2c(CCNC(=O)CC(C)CC(=O)NCCc3ccccc3)ccc(OC)c2OC)c1. The molecule has 7 nitrogen and oxygen atoms in total. The molecule has 0 fully saturated rings. The van der Waals surface area contributed by atoms with Crippen LogP contribution in [0.25, 0.3) is 0 Å². The van der Waals surface area contributed by atoms with Crippen LogP contribution in [0.5, 0.6) is 17.2 Å². The van der Waals surface area contributed by atoms with Crippen molar-refractivity contribution in [2.24, 2.45) is 5.92 Å². The van der Waals surface area contributed by atoms with Gasteiger partial charge in [-0.05, 0) is 66.5 Å². The first-order valence-corrected chi connectivity index (χ1v) is 13.9. The number of amides is 2. The van der Waals surface area contributed by atoms with Gasteiger partial charge >= 0.3 is 0 Å². The van der Waals surface area contributed by atoms with Gasteiger partial charge in [0.2, 0.25) is 11.8 Å². The predicted molar refractivity (Wildman–Crippen MR) is 158 cm³/mol. The molecule has 0 radical (unpaired) electrons. The van der Waals surface area contributed by atoms with Crippen molar-refractivity contribution in [2.75, 3.05) is 34.4 Å². The second-order valence-corrected chi connectivity index (χ2v) is 9.99. The minimum Gasteiger partial charge on any atom is -0.497 e. The van der Waals surface area contributed by atoms with Crippen molar-refractivity contribution < 1.29 is 23.8 Å². The van der Waals surface area contributed by atoms with Crippen molar-refractivity contribution in [1.29, 1.82) is 0 Å². The first kappa shape index (κ1) is 30.5. The molecule has 0 heterocycles. The van der Waals surface area contributed by atoms with Gasteiger partial charge in [-0.2, -0.15) is 0 Å². The number of nitrogens with one attached hydrogen (secondary N) is 2. The van der Waals surface area contributed by atoms with Crippen molar-refractivity contribution in [3.63, 3.8) is 0 Å². The molecule has 3 aromatic rings. The van der Waals surface area contributed by atoms with Crippen LogP contribution in [0.4, 0.5) is 0 Å². The standard InChI is InChI=1S/C33H42N2O5/c1-24(21-31(36)34-19-17-25-9-6-5-7-10-25)22-32(37)35-20-18-27-14-16-30(39-3)33(40-4)29(27)15-13-26-11-8-12-28(23-26)38-2/h5-12,14,16,23-24H,13,15,17-22H2,1-4H3,(H,34,36)(H,35,37). The minimum atomic E-state index is -0.0528. The molecule has 0 aliphatic carbocycles. The molecule has 1 atom stereocenters. The first-order chi connectivity index (χ1) is 19.4. The van der Waals surface area contributed by atoms with Gasteiger partial charge in [-0.15, -0.1) is 0 Å². The van der Waals surface area contributed by atoms with Crippen LogP contribution in [0, 0.1) is 5.92 Å². The third kappa shape index (κ3) is 9.63. The van der Waals surface area contributed by atoms with Crippen molar-refractivity contribution in [2.45, 2.75) is 45.4 Å². The molecule has 0 aliphatic rings. The minimum absolute atomic E-state index is 0.0257. The Balaban J connectivity index is 1.49. The highest BCUT2D eigenvalue weighted by molar-refractivity contribution is 5.79.